The van der Waals surface area contributed by atoms with E-state index in [9.17, 15) is 4.79 Å². The van der Waals surface area contributed by atoms with Crippen molar-refractivity contribution >= 4 is 10.9 Å². The van der Waals surface area contributed by atoms with E-state index in [1.165, 1.54) is 12.8 Å². The van der Waals surface area contributed by atoms with E-state index in [4.69, 9.17) is 10.5 Å². The van der Waals surface area contributed by atoms with Crippen LogP contribution in [0.1, 0.15) is 52.5 Å². The zero-order valence-corrected chi connectivity index (χ0v) is 15.8. The summed E-state index contributed by atoms with van der Waals surface area (Å²) in [6.45, 7) is 11.8. The summed E-state index contributed by atoms with van der Waals surface area (Å²) < 4.78 is 7.55. The van der Waals surface area contributed by atoms with Crippen LogP contribution >= 0.6 is 0 Å². The Balaban J connectivity index is 0.000000505. The normalized spacial score (nSPS) is 10.6. The van der Waals surface area contributed by atoms with E-state index in [0.717, 1.165) is 41.7 Å². The fourth-order valence-corrected chi connectivity index (χ4v) is 2.53. The Labute approximate surface area is 145 Å². The number of unbranched alkanes of at least 4 members (excludes halogenated alkanes) is 1. The molecule has 4 nitrogen and oxygen atoms in total. The molecule has 0 saturated heterocycles. The molecule has 2 N–H and O–H groups in total. The van der Waals surface area contributed by atoms with E-state index >= 15 is 0 Å². The first-order valence-corrected chi connectivity index (χ1v) is 8.95. The number of benzene rings is 1. The predicted octanol–water partition coefficient (Wildman–Crippen LogP) is 4.25. The molecule has 0 spiro atoms. The van der Waals surface area contributed by atoms with Crippen molar-refractivity contribution in [2.45, 2.75) is 66.5 Å². The van der Waals surface area contributed by atoms with Gasteiger partial charge in [0.05, 0.1) is 11.6 Å². The number of aromatic nitrogens is 1. The quantitative estimate of drug-likeness (QED) is 0.860. The van der Waals surface area contributed by atoms with Crippen LogP contribution in [0.25, 0.3) is 10.9 Å². The van der Waals surface area contributed by atoms with E-state index < -0.39 is 0 Å². The van der Waals surface area contributed by atoms with Crippen molar-refractivity contribution in [1.29, 1.82) is 0 Å². The summed E-state index contributed by atoms with van der Waals surface area (Å²) in [6, 6.07) is 7.68. The highest BCUT2D eigenvalue weighted by Crippen LogP contribution is 2.23. The molecule has 0 amide bonds. The average molecular weight is 332 g/mol. The fourth-order valence-electron chi connectivity index (χ4n) is 2.53. The van der Waals surface area contributed by atoms with Crippen LogP contribution in [-0.4, -0.2) is 17.2 Å². The zero-order chi connectivity index (χ0) is 18.1. The first kappa shape index (κ1) is 20.2. The summed E-state index contributed by atoms with van der Waals surface area (Å²) in [6.07, 6.45) is 3.46. The SMILES string of the molecule is CCCCN.CCCn1c(=O)cc(C)c2ccc(OC(C)C)cc21. The molecule has 0 bridgehead atoms. The highest BCUT2D eigenvalue weighted by molar-refractivity contribution is 5.83. The summed E-state index contributed by atoms with van der Waals surface area (Å²) in [5.74, 6) is 0.817. The van der Waals surface area contributed by atoms with Gasteiger partial charge in [-0.1, -0.05) is 20.3 Å². The molecule has 0 unspecified atom stereocenters. The second-order valence-electron chi connectivity index (χ2n) is 6.31. The van der Waals surface area contributed by atoms with E-state index in [0.29, 0.717) is 0 Å². The van der Waals surface area contributed by atoms with Crippen LogP contribution < -0.4 is 16.0 Å². The van der Waals surface area contributed by atoms with Gasteiger partial charge in [0.2, 0.25) is 0 Å². The van der Waals surface area contributed by atoms with Gasteiger partial charge >= 0.3 is 0 Å². The molecule has 0 atom stereocenters. The lowest BCUT2D eigenvalue weighted by atomic mass is 10.1. The minimum atomic E-state index is 0.0635. The van der Waals surface area contributed by atoms with E-state index in [-0.39, 0.29) is 11.7 Å². The summed E-state index contributed by atoms with van der Waals surface area (Å²) in [5.41, 5.74) is 7.18. The Morgan fingerprint density at radius 1 is 1.17 bits per heavy atom. The first-order chi connectivity index (χ1) is 11.4. The van der Waals surface area contributed by atoms with Crippen LogP contribution in [0.3, 0.4) is 0 Å². The van der Waals surface area contributed by atoms with Gasteiger partial charge in [-0.05, 0) is 57.9 Å². The van der Waals surface area contributed by atoms with Crippen molar-refractivity contribution in [3.8, 4) is 5.75 Å². The van der Waals surface area contributed by atoms with E-state index in [1.54, 1.807) is 6.07 Å². The van der Waals surface area contributed by atoms with Crippen molar-refractivity contribution in [1.82, 2.24) is 4.57 Å². The highest BCUT2D eigenvalue weighted by Gasteiger charge is 2.08. The second kappa shape index (κ2) is 10.1. The Morgan fingerprint density at radius 2 is 1.88 bits per heavy atom. The molecular formula is C20H32N2O2. The summed E-state index contributed by atoms with van der Waals surface area (Å²) >= 11 is 0. The fraction of sp³-hybridized carbons (Fsp3) is 0.550. The molecule has 0 radical (unpaired) electrons. The number of ether oxygens (including phenoxy) is 1. The van der Waals surface area contributed by atoms with Crippen molar-refractivity contribution in [3.63, 3.8) is 0 Å². The maximum atomic E-state index is 12.1. The summed E-state index contributed by atoms with van der Waals surface area (Å²) in [4.78, 5) is 12.1. The van der Waals surface area contributed by atoms with Crippen molar-refractivity contribution in [2.75, 3.05) is 6.54 Å². The Hall–Kier alpha value is -1.81. The van der Waals surface area contributed by atoms with Crippen LogP contribution in [0.4, 0.5) is 0 Å². The van der Waals surface area contributed by atoms with E-state index in [1.807, 2.05) is 43.5 Å². The van der Waals surface area contributed by atoms with Crippen molar-refractivity contribution in [3.05, 3.63) is 40.2 Å². The molecule has 0 aliphatic carbocycles. The predicted molar refractivity (Wildman–Crippen MR) is 103 cm³/mol. The van der Waals surface area contributed by atoms with Gasteiger partial charge in [-0.15, -0.1) is 0 Å². The molecule has 1 heterocycles. The number of aryl methyl sites for hydroxylation is 2. The second-order valence-corrected chi connectivity index (χ2v) is 6.31. The van der Waals surface area contributed by atoms with Gasteiger partial charge in [-0.25, -0.2) is 0 Å². The van der Waals surface area contributed by atoms with Crippen molar-refractivity contribution in [2.24, 2.45) is 5.73 Å². The third kappa shape index (κ3) is 5.68. The lowest BCUT2D eigenvalue weighted by Crippen LogP contribution is -2.20. The standard InChI is InChI=1S/C16H21NO2.C4H11N/c1-5-8-17-15-10-13(19-11(2)3)6-7-14(15)12(4)9-16(17)18;1-2-3-4-5/h6-7,9-11H,5,8H2,1-4H3;2-5H2,1H3. The first-order valence-electron chi connectivity index (χ1n) is 8.95. The van der Waals surface area contributed by atoms with Gasteiger partial charge in [-0.3, -0.25) is 4.79 Å². The number of pyridine rings is 1. The number of fused-ring (bicyclic) bond motifs is 1. The topological polar surface area (TPSA) is 57.2 Å². The van der Waals surface area contributed by atoms with Gasteiger partial charge in [0, 0.05) is 24.1 Å². The molecule has 2 aromatic rings. The number of hydrogen-bond donors (Lipinski definition) is 1. The summed E-state index contributed by atoms with van der Waals surface area (Å²) in [5, 5.41) is 1.11. The van der Waals surface area contributed by atoms with Crippen LogP contribution in [0.15, 0.2) is 29.1 Å². The Morgan fingerprint density at radius 3 is 2.38 bits per heavy atom. The molecule has 1 aromatic heterocycles. The molecule has 0 aliphatic heterocycles. The lowest BCUT2D eigenvalue weighted by molar-refractivity contribution is 0.242. The van der Waals surface area contributed by atoms with Crippen LogP contribution in [0, 0.1) is 6.92 Å². The zero-order valence-electron chi connectivity index (χ0n) is 15.8. The van der Waals surface area contributed by atoms with Gasteiger partial charge in [0.25, 0.3) is 5.56 Å². The number of hydrogen-bond acceptors (Lipinski definition) is 3. The van der Waals surface area contributed by atoms with Crippen molar-refractivity contribution < 1.29 is 4.74 Å². The monoisotopic (exact) mass is 332 g/mol. The molecule has 0 aliphatic rings. The van der Waals surface area contributed by atoms with Gasteiger partial charge < -0.3 is 15.0 Å². The minimum Gasteiger partial charge on any atom is -0.491 e. The molecule has 0 fully saturated rings. The molecule has 24 heavy (non-hydrogen) atoms. The molecule has 1 aromatic carbocycles. The lowest BCUT2D eigenvalue weighted by Gasteiger charge is -2.14. The van der Waals surface area contributed by atoms with Crippen LogP contribution in [-0.2, 0) is 6.54 Å². The number of rotatable bonds is 6. The molecule has 2 rings (SSSR count). The smallest absolute Gasteiger partial charge is 0.251 e. The number of nitrogens with two attached hydrogens (primary N) is 1. The third-order valence-corrected chi connectivity index (χ3v) is 3.67. The minimum absolute atomic E-state index is 0.0635. The van der Waals surface area contributed by atoms with Crippen LogP contribution in [0.5, 0.6) is 5.75 Å². The average Bonchev–Trinajstić information content (AvgIpc) is 2.52. The maximum Gasteiger partial charge on any atom is 0.251 e. The third-order valence-electron chi connectivity index (χ3n) is 3.67. The van der Waals surface area contributed by atoms with Crippen LogP contribution in [0.2, 0.25) is 0 Å². The van der Waals surface area contributed by atoms with Gasteiger partial charge in [-0.2, -0.15) is 0 Å². The molecule has 4 heteroatoms. The largest absolute Gasteiger partial charge is 0.491 e. The molecular weight excluding hydrogens is 300 g/mol. The highest BCUT2D eigenvalue weighted by atomic mass is 16.5. The molecule has 0 saturated carbocycles. The molecule has 134 valence electrons. The Bertz CT molecular complexity index is 688. The van der Waals surface area contributed by atoms with E-state index in [2.05, 4.69) is 13.8 Å². The number of nitrogens with zero attached hydrogens (tertiary/aromatic N) is 1. The van der Waals surface area contributed by atoms with Gasteiger partial charge in [0.15, 0.2) is 0 Å². The van der Waals surface area contributed by atoms with Gasteiger partial charge in [0.1, 0.15) is 5.75 Å². The summed E-state index contributed by atoms with van der Waals surface area (Å²) in [7, 11) is 0. The Kier molecular flexibility index (Phi) is 8.55. The maximum absolute atomic E-state index is 12.1.